The first-order valence-electron chi connectivity index (χ1n) is 10.2. The van der Waals surface area contributed by atoms with Gasteiger partial charge >= 0.3 is 0 Å². The minimum absolute atomic E-state index is 0.131. The first-order chi connectivity index (χ1) is 14.2. The first kappa shape index (κ1) is 18.6. The van der Waals surface area contributed by atoms with Crippen molar-refractivity contribution in [1.29, 1.82) is 0 Å². The third-order valence-corrected chi connectivity index (χ3v) is 6.72. The van der Waals surface area contributed by atoms with E-state index in [0.29, 0.717) is 6.54 Å². The summed E-state index contributed by atoms with van der Waals surface area (Å²) in [4.78, 5) is 23.9. The molecule has 2 saturated heterocycles. The molecule has 0 N–H and O–H groups in total. The van der Waals surface area contributed by atoms with E-state index in [-0.39, 0.29) is 11.8 Å². The number of thiophene rings is 1. The van der Waals surface area contributed by atoms with Crippen molar-refractivity contribution in [2.75, 3.05) is 44.3 Å². The van der Waals surface area contributed by atoms with E-state index in [4.69, 9.17) is 14.8 Å². The van der Waals surface area contributed by atoms with E-state index in [0.717, 1.165) is 67.7 Å². The summed E-state index contributed by atoms with van der Waals surface area (Å²) in [5.41, 5.74) is 2.00. The zero-order valence-electron chi connectivity index (χ0n) is 16.6. The van der Waals surface area contributed by atoms with E-state index >= 15 is 0 Å². The van der Waals surface area contributed by atoms with Gasteiger partial charge in [0.05, 0.1) is 30.0 Å². The second kappa shape index (κ2) is 7.76. The van der Waals surface area contributed by atoms with Crippen molar-refractivity contribution >= 4 is 28.6 Å². The molecular formula is C21H25N5O2S. The highest BCUT2D eigenvalue weighted by molar-refractivity contribution is 7.13. The fourth-order valence-electron chi connectivity index (χ4n) is 4.15. The zero-order chi connectivity index (χ0) is 19.8. The SMILES string of the molecule is Cc1ccc(C(=O)N2CCC[C@@H](c3nc4ccc(N5CCOCC5)cn4n3)C2)s1. The summed E-state index contributed by atoms with van der Waals surface area (Å²) in [5.74, 6) is 1.15. The van der Waals surface area contributed by atoms with E-state index in [1.54, 1.807) is 11.3 Å². The molecule has 3 aromatic rings. The first-order valence-corrected chi connectivity index (χ1v) is 11.0. The number of morpholine rings is 1. The number of rotatable bonds is 3. The van der Waals surface area contributed by atoms with Gasteiger partial charge in [-0.1, -0.05) is 0 Å². The second-order valence-electron chi connectivity index (χ2n) is 7.76. The maximum atomic E-state index is 12.9. The highest BCUT2D eigenvalue weighted by atomic mass is 32.1. The Kier molecular flexibility index (Phi) is 4.97. The average Bonchev–Trinajstić information content (AvgIpc) is 3.39. The van der Waals surface area contributed by atoms with Crippen molar-refractivity contribution in [2.45, 2.75) is 25.7 Å². The summed E-state index contributed by atoms with van der Waals surface area (Å²) in [6.45, 7) is 6.84. The molecule has 8 heteroatoms. The number of carbonyl (C=O) groups is 1. The largest absolute Gasteiger partial charge is 0.378 e. The number of fused-ring (bicyclic) bond motifs is 1. The van der Waals surface area contributed by atoms with Gasteiger partial charge in [0.2, 0.25) is 0 Å². The molecule has 0 saturated carbocycles. The van der Waals surface area contributed by atoms with Crippen LogP contribution in [-0.2, 0) is 4.74 Å². The molecule has 0 bridgehead atoms. The fraction of sp³-hybridized carbons (Fsp3) is 0.476. The molecule has 1 atom stereocenters. The van der Waals surface area contributed by atoms with Crippen LogP contribution in [0.1, 0.15) is 39.1 Å². The minimum Gasteiger partial charge on any atom is -0.378 e. The summed E-state index contributed by atoms with van der Waals surface area (Å²) < 4.78 is 7.33. The van der Waals surface area contributed by atoms with Crippen molar-refractivity contribution in [3.63, 3.8) is 0 Å². The molecule has 5 heterocycles. The lowest BCUT2D eigenvalue weighted by molar-refractivity contribution is 0.0709. The number of aryl methyl sites for hydroxylation is 1. The Morgan fingerprint density at radius 2 is 2.03 bits per heavy atom. The van der Waals surface area contributed by atoms with Crippen molar-refractivity contribution in [3.8, 4) is 0 Å². The molecule has 0 unspecified atom stereocenters. The second-order valence-corrected chi connectivity index (χ2v) is 9.05. The van der Waals surface area contributed by atoms with E-state index in [2.05, 4.69) is 17.2 Å². The highest BCUT2D eigenvalue weighted by Crippen LogP contribution is 2.28. The molecule has 0 radical (unpaired) electrons. The fourth-order valence-corrected chi connectivity index (χ4v) is 4.98. The Morgan fingerprint density at radius 1 is 1.17 bits per heavy atom. The van der Waals surface area contributed by atoms with Gasteiger partial charge in [-0.3, -0.25) is 4.79 Å². The summed E-state index contributed by atoms with van der Waals surface area (Å²) >= 11 is 1.57. The van der Waals surface area contributed by atoms with Crippen LogP contribution in [0, 0.1) is 6.92 Å². The van der Waals surface area contributed by atoms with Gasteiger partial charge in [0.1, 0.15) is 0 Å². The monoisotopic (exact) mass is 411 g/mol. The quantitative estimate of drug-likeness (QED) is 0.663. The van der Waals surface area contributed by atoms with Crippen molar-refractivity contribution < 1.29 is 9.53 Å². The number of hydrogen-bond acceptors (Lipinski definition) is 6. The van der Waals surface area contributed by atoms with Crippen LogP contribution in [0.15, 0.2) is 30.5 Å². The van der Waals surface area contributed by atoms with Crippen LogP contribution in [0.3, 0.4) is 0 Å². The number of pyridine rings is 1. The number of amides is 1. The molecule has 1 amide bonds. The summed E-state index contributed by atoms with van der Waals surface area (Å²) in [6.07, 6.45) is 4.05. The number of piperidine rings is 1. The third-order valence-electron chi connectivity index (χ3n) is 5.73. The number of likely N-dealkylation sites (tertiary alicyclic amines) is 1. The number of hydrogen-bond donors (Lipinski definition) is 0. The number of anilines is 1. The van der Waals surface area contributed by atoms with Gasteiger partial charge in [0, 0.05) is 37.0 Å². The molecule has 2 aliphatic heterocycles. The topological polar surface area (TPSA) is 63.0 Å². The van der Waals surface area contributed by atoms with E-state index < -0.39 is 0 Å². The van der Waals surface area contributed by atoms with Gasteiger partial charge in [-0.25, -0.2) is 9.50 Å². The molecule has 0 aromatic carbocycles. The molecule has 0 spiro atoms. The van der Waals surface area contributed by atoms with Gasteiger partial charge in [0.25, 0.3) is 5.91 Å². The Balaban J connectivity index is 1.35. The van der Waals surface area contributed by atoms with Gasteiger partial charge in [-0.05, 0) is 44.0 Å². The predicted octanol–water partition coefficient (Wildman–Crippen LogP) is 2.96. The van der Waals surface area contributed by atoms with Gasteiger partial charge < -0.3 is 14.5 Å². The van der Waals surface area contributed by atoms with Crippen LogP contribution < -0.4 is 4.90 Å². The minimum atomic E-state index is 0.131. The van der Waals surface area contributed by atoms with Crippen LogP contribution >= 0.6 is 11.3 Å². The zero-order valence-corrected chi connectivity index (χ0v) is 17.4. The molecule has 0 aliphatic carbocycles. The van der Waals surface area contributed by atoms with Crippen LogP contribution in [-0.4, -0.2) is 64.8 Å². The Morgan fingerprint density at radius 3 is 2.83 bits per heavy atom. The van der Waals surface area contributed by atoms with Gasteiger partial charge in [0.15, 0.2) is 11.5 Å². The maximum Gasteiger partial charge on any atom is 0.263 e. The number of ether oxygens (including phenoxy) is 1. The molecule has 5 rings (SSSR count). The van der Waals surface area contributed by atoms with E-state index in [1.807, 2.05) is 34.5 Å². The molecule has 3 aromatic heterocycles. The predicted molar refractivity (Wildman–Crippen MR) is 113 cm³/mol. The van der Waals surface area contributed by atoms with Gasteiger partial charge in [-0.2, -0.15) is 5.10 Å². The van der Waals surface area contributed by atoms with Crippen molar-refractivity contribution in [3.05, 3.63) is 46.0 Å². The van der Waals surface area contributed by atoms with Crippen LogP contribution in [0.2, 0.25) is 0 Å². The molecule has 7 nitrogen and oxygen atoms in total. The smallest absolute Gasteiger partial charge is 0.263 e. The Bertz CT molecular complexity index is 1020. The average molecular weight is 412 g/mol. The summed E-state index contributed by atoms with van der Waals surface area (Å²) in [7, 11) is 0. The molecule has 152 valence electrons. The maximum absolute atomic E-state index is 12.9. The standard InChI is InChI=1S/C21H25N5O2S/c1-15-4-6-18(29-15)21(27)25-8-2-3-16(13-25)20-22-19-7-5-17(14-26(19)23-20)24-9-11-28-12-10-24/h4-7,14,16H,2-3,8-13H2,1H3/t16-/m1/s1. The lowest BCUT2D eigenvalue weighted by Gasteiger charge is -2.31. The molecular weight excluding hydrogens is 386 g/mol. The van der Waals surface area contributed by atoms with E-state index in [9.17, 15) is 4.79 Å². The van der Waals surface area contributed by atoms with Crippen molar-refractivity contribution in [2.24, 2.45) is 0 Å². The number of aromatic nitrogens is 3. The summed E-state index contributed by atoms with van der Waals surface area (Å²) in [6, 6.07) is 8.08. The lowest BCUT2D eigenvalue weighted by Crippen LogP contribution is -2.39. The highest BCUT2D eigenvalue weighted by Gasteiger charge is 2.28. The lowest BCUT2D eigenvalue weighted by atomic mass is 9.97. The van der Waals surface area contributed by atoms with Crippen molar-refractivity contribution in [1.82, 2.24) is 19.5 Å². The third kappa shape index (κ3) is 3.74. The Labute approximate surface area is 173 Å². The normalized spacial score (nSPS) is 20.4. The van der Waals surface area contributed by atoms with Gasteiger partial charge in [-0.15, -0.1) is 11.3 Å². The molecule has 2 aliphatic rings. The van der Waals surface area contributed by atoms with E-state index in [1.165, 1.54) is 4.88 Å². The molecule has 2 fully saturated rings. The van der Waals surface area contributed by atoms with Crippen LogP contribution in [0.5, 0.6) is 0 Å². The van der Waals surface area contributed by atoms with Crippen LogP contribution in [0.25, 0.3) is 5.65 Å². The molecule has 29 heavy (non-hydrogen) atoms. The number of nitrogens with zero attached hydrogens (tertiary/aromatic N) is 5. The Hall–Kier alpha value is -2.45. The summed E-state index contributed by atoms with van der Waals surface area (Å²) in [5, 5.41) is 4.77. The number of carbonyl (C=O) groups excluding carboxylic acids is 1. The van der Waals surface area contributed by atoms with Crippen LogP contribution in [0.4, 0.5) is 5.69 Å².